The first-order chi connectivity index (χ1) is 20.2. The van der Waals surface area contributed by atoms with Gasteiger partial charge >= 0.3 is 0 Å². The lowest BCUT2D eigenvalue weighted by atomic mass is 10.1. The summed E-state index contributed by atoms with van der Waals surface area (Å²) in [4.78, 5) is 29.9. The first-order valence-electron chi connectivity index (χ1n) is 13.8. The summed E-state index contributed by atoms with van der Waals surface area (Å²) >= 11 is 0. The van der Waals surface area contributed by atoms with Crippen LogP contribution in [0.2, 0.25) is 0 Å². The van der Waals surface area contributed by atoms with E-state index in [0.717, 1.165) is 51.2 Å². The van der Waals surface area contributed by atoms with Gasteiger partial charge in [0.15, 0.2) is 5.82 Å². The highest BCUT2D eigenvalue weighted by Crippen LogP contribution is 2.29. The summed E-state index contributed by atoms with van der Waals surface area (Å²) in [5, 5.41) is 9.80. The first-order valence-corrected chi connectivity index (χ1v) is 15.3. The number of nitrogens with zero attached hydrogens (tertiary/aromatic N) is 3. The molecule has 0 bridgehead atoms. The molecule has 1 unspecified atom stereocenters. The van der Waals surface area contributed by atoms with E-state index < -0.39 is 32.3 Å². The molecular formula is C30H29F2N5O4S. The lowest BCUT2D eigenvalue weighted by Gasteiger charge is -2.28. The van der Waals surface area contributed by atoms with Gasteiger partial charge in [-0.3, -0.25) is 14.7 Å². The minimum atomic E-state index is -4.25. The van der Waals surface area contributed by atoms with Crippen LogP contribution in [0.15, 0.2) is 70.5 Å². The molecule has 2 aliphatic rings. The zero-order valence-electron chi connectivity index (χ0n) is 22.6. The molecule has 6 rings (SSSR count). The van der Waals surface area contributed by atoms with Gasteiger partial charge in [0.25, 0.3) is 11.8 Å². The zero-order chi connectivity index (χ0) is 29.4. The number of anilines is 1. The van der Waals surface area contributed by atoms with Crippen molar-refractivity contribution in [2.45, 2.75) is 41.5 Å². The molecule has 2 N–H and O–H groups in total. The molecule has 9 nitrogen and oxygen atoms in total. The molecule has 0 aliphatic carbocycles. The fourth-order valence-electron chi connectivity index (χ4n) is 5.74. The van der Waals surface area contributed by atoms with Crippen LogP contribution in [0, 0.1) is 11.6 Å². The number of carbonyl (C=O) groups excluding carboxylic acids is 2. The molecule has 4 aromatic rings. The van der Waals surface area contributed by atoms with E-state index in [1.54, 1.807) is 24.3 Å². The van der Waals surface area contributed by atoms with E-state index in [1.807, 2.05) is 4.90 Å². The Labute approximate surface area is 241 Å². The van der Waals surface area contributed by atoms with Crippen molar-refractivity contribution in [3.05, 3.63) is 83.4 Å². The molecule has 218 valence electrons. The molecule has 0 radical (unpaired) electrons. The summed E-state index contributed by atoms with van der Waals surface area (Å²) in [7, 11) is -4.25. The second kappa shape index (κ2) is 11.3. The maximum Gasteiger partial charge on any atom is 0.256 e. The molecule has 3 aromatic carbocycles. The Bertz CT molecular complexity index is 1750. The molecular weight excluding hydrogens is 564 g/mol. The summed E-state index contributed by atoms with van der Waals surface area (Å²) in [5.41, 5.74) is 1.25. The largest absolute Gasteiger partial charge is 0.334 e. The summed E-state index contributed by atoms with van der Waals surface area (Å²) in [6, 6.07) is 12.7. The predicted octanol–water partition coefficient (Wildman–Crippen LogP) is 4.63. The molecule has 12 heteroatoms. The Kier molecular flexibility index (Phi) is 7.50. The minimum Gasteiger partial charge on any atom is -0.334 e. The quantitative estimate of drug-likeness (QED) is 0.323. The van der Waals surface area contributed by atoms with Crippen molar-refractivity contribution in [3.63, 3.8) is 0 Å². The minimum absolute atomic E-state index is 0.0473. The van der Waals surface area contributed by atoms with Gasteiger partial charge in [0.2, 0.25) is 9.84 Å². The van der Waals surface area contributed by atoms with Gasteiger partial charge in [0, 0.05) is 41.7 Å². The van der Waals surface area contributed by atoms with Crippen LogP contribution < -0.4 is 5.32 Å². The topological polar surface area (TPSA) is 115 Å². The number of benzene rings is 3. The van der Waals surface area contributed by atoms with E-state index in [0.29, 0.717) is 22.5 Å². The summed E-state index contributed by atoms with van der Waals surface area (Å²) in [6.07, 6.45) is 4.37. The number of fused-ring (bicyclic) bond motifs is 1. The van der Waals surface area contributed by atoms with Gasteiger partial charge < -0.3 is 15.1 Å². The monoisotopic (exact) mass is 593 g/mol. The third kappa shape index (κ3) is 5.51. The molecule has 2 amide bonds. The van der Waals surface area contributed by atoms with E-state index in [2.05, 4.69) is 20.4 Å². The average molecular weight is 594 g/mol. The molecule has 2 fully saturated rings. The number of aromatic nitrogens is 2. The number of H-pyrrole nitrogens is 1. The maximum absolute atomic E-state index is 13.7. The highest BCUT2D eigenvalue weighted by atomic mass is 32.2. The third-order valence-corrected chi connectivity index (χ3v) is 9.65. The summed E-state index contributed by atoms with van der Waals surface area (Å²) in [6.45, 7) is 3.78. The second-order valence-corrected chi connectivity index (χ2v) is 12.7. The smallest absolute Gasteiger partial charge is 0.256 e. The first kappa shape index (κ1) is 28.0. The second-order valence-electron chi connectivity index (χ2n) is 10.7. The van der Waals surface area contributed by atoms with Crippen molar-refractivity contribution < 1.29 is 26.8 Å². The number of carbonyl (C=O) groups is 2. The van der Waals surface area contributed by atoms with Crippen LogP contribution in [0.5, 0.6) is 0 Å². The lowest BCUT2D eigenvalue weighted by molar-refractivity contribution is 0.0708. The van der Waals surface area contributed by atoms with Crippen LogP contribution >= 0.6 is 0 Å². The fourth-order valence-corrected chi connectivity index (χ4v) is 7.07. The van der Waals surface area contributed by atoms with Crippen LogP contribution in [0.3, 0.4) is 0 Å². The van der Waals surface area contributed by atoms with Crippen LogP contribution in [0.4, 0.5) is 14.6 Å². The van der Waals surface area contributed by atoms with Crippen molar-refractivity contribution in [3.8, 4) is 0 Å². The Morgan fingerprint density at radius 3 is 2.29 bits per heavy atom. The number of hydrogen-bond donors (Lipinski definition) is 2. The Hall–Kier alpha value is -4.16. The number of amides is 2. The van der Waals surface area contributed by atoms with E-state index in [4.69, 9.17) is 0 Å². The number of aromatic amines is 1. The number of halogens is 2. The van der Waals surface area contributed by atoms with Crippen molar-refractivity contribution in [2.75, 3.05) is 31.5 Å². The van der Waals surface area contributed by atoms with E-state index in [9.17, 15) is 26.8 Å². The van der Waals surface area contributed by atoms with Crippen molar-refractivity contribution in [2.24, 2.45) is 0 Å². The molecule has 2 aliphatic heterocycles. The zero-order valence-corrected chi connectivity index (χ0v) is 23.5. The van der Waals surface area contributed by atoms with Gasteiger partial charge in [-0.2, -0.15) is 5.10 Å². The van der Waals surface area contributed by atoms with Crippen molar-refractivity contribution in [1.29, 1.82) is 0 Å². The Morgan fingerprint density at radius 1 is 0.881 bits per heavy atom. The van der Waals surface area contributed by atoms with E-state index in [-0.39, 0.29) is 28.2 Å². The number of likely N-dealkylation sites (tertiary alicyclic amines) is 2. The highest BCUT2D eigenvalue weighted by Gasteiger charge is 2.31. The number of sulfone groups is 1. The average Bonchev–Trinajstić information content (AvgIpc) is 3.74. The normalized spacial score (nSPS) is 17.7. The van der Waals surface area contributed by atoms with Crippen molar-refractivity contribution in [1.82, 2.24) is 20.0 Å². The number of rotatable bonds is 7. The lowest BCUT2D eigenvalue weighted by Crippen LogP contribution is -2.42. The standard InChI is InChI=1S/C30H29F2N5O4S/c31-21-14-22(32)16-25(15-21)42(40,41)24-9-10-27-26(17-24)28(35-34-27)33-29(38)19-5-7-20(8-6-19)30(39)37-13-3-4-23(37)18-36-11-1-2-12-36/h5-10,14-17,23H,1-4,11-13,18H2,(H2,33,34,35,38). The predicted molar refractivity (Wildman–Crippen MR) is 152 cm³/mol. The molecule has 2 saturated heterocycles. The van der Waals surface area contributed by atoms with Crippen LogP contribution in [0.1, 0.15) is 46.4 Å². The molecule has 1 atom stereocenters. The van der Waals surface area contributed by atoms with Crippen molar-refractivity contribution >= 4 is 38.4 Å². The molecule has 3 heterocycles. The van der Waals surface area contributed by atoms with Gasteiger partial charge in [-0.25, -0.2) is 17.2 Å². The van der Waals surface area contributed by atoms with Gasteiger partial charge in [-0.1, -0.05) is 0 Å². The van der Waals surface area contributed by atoms with Gasteiger partial charge in [0.05, 0.1) is 15.3 Å². The number of hydrogen-bond acceptors (Lipinski definition) is 6. The Morgan fingerprint density at radius 2 is 1.57 bits per heavy atom. The Balaban J connectivity index is 1.17. The van der Waals surface area contributed by atoms with E-state index in [1.165, 1.54) is 31.0 Å². The van der Waals surface area contributed by atoms with E-state index >= 15 is 0 Å². The summed E-state index contributed by atoms with van der Waals surface area (Å²) in [5.74, 6) is -2.49. The van der Waals surface area contributed by atoms with Crippen LogP contribution in [0.25, 0.3) is 10.9 Å². The third-order valence-electron chi connectivity index (χ3n) is 7.92. The van der Waals surface area contributed by atoms with Gasteiger partial charge in [-0.05, 0) is 93.4 Å². The molecule has 1 aromatic heterocycles. The molecule has 42 heavy (non-hydrogen) atoms. The SMILES string of the molecule is O=C(Nc1n[nH]c2ccc(S(=O)(=O)c3cc(F)cc(F)c3)cc12)c1ccc(C(=O)N2CCCC2CN2CCCC2)cc1. The van der Waals surface area contributed by atoms with Crippen LogP contribution in [-0.2, 0) is 9.84 Å². The van der Waals surface area contributed by atoms with Gasteiger partial charge in [0.1, 0.15) is 11.6 Å². The summed E-state index contributed by atoms with van der Waals surface area (Å²) < 4.78 is 53.5. The number of nitrogens with one attached hydrogen (secondary N) is 2. The fraction of sp³-hybridized carbons (Fsp3) is 0.300. The molecule has 0 spiro atoms. The molecule has 0 saturated carbocycles. The van der Waals surface area contributed by atoms with Crippen LogP contribution in [-0.4, -0.2) is 72.5 Å². The van der Waals surface area contributed by atoms with Gasteiger partial charge in [-0.15, -0.1) is 0 Å². The maximum atomic E-state index is 13.7. The highest BCUT2D eigenvalue weighted by molar-refractivity contribution is 7.91.